The zero-order chi connectivity index (χ0) is 23.3. The molecule has 8 heteroatoms. The molecule has 1 aromatic heterocycles. The summed E-state index contributed by atoms with van der Waals surface area (Å²) in [5.41, 5.74) is -0.177. The highest BCUT2D eigenvalue weighted by Crippen LogP contribution is 2.64. The SMILES string of the molecule is C=CCN(CC(=O)N(Cc1cccn1C)C1CC1)S(=O)(=O)CC12CCC(CC1=O)C2(C)C. The predicted octanol–water partition coefficient (Wildman–Crippen LogP) is 2.73. The Hall–Kier alpha value is -1.93. The van der Waals surface area contributed by atoms with E-state index >= 15 is 0 Å². The molecule has 0 saturated heterocycles. The fraction of sp³-hybridized carbons (Fsp3) is 0.667. The Balaban J connectivity index is 1.53. The van der Waals surface area contributed by atoms with E-state index in [1.807, 2.05) is 43.8 Å². The van der Waals surface area contributed by atoms with Gasteiger partial charge in [0.05, 0.1) is 18.8 Å². The van der Waals surface area contributed by atoms with Crippen molar-refractivity contribution >= 4 is 21.7 Å². The number of fused-ring (bicyclic) bond motifs is 2. The molecule has 2 unspecified atom stereocenters. The minimum absolute atomic E-state index is 0.0604. The fourth-order valence-corrected chi connectivity index (χ4v) is 7.94. The number of hydrogen-bond acceptors (Lipinski definition) is 4. The Kier molecular flexibility index (Phi) is 5.91. The lowest BCUT2D eigenvalue weighted by Gasteiger charge is -2.37. The quantitative estimate of drug-likeness (QED) is 0.502. The second-order valence-corrected chi connectivity index (χ2v) is 12.3. The van der Waals surface area contributed by atoms with Crippen molar-refractivity contribution in [3.63, 3.8) is 0 Å². The predicted molar refractivity (Wildman–Crippen MR) is 123 cm³/mol. The molecule has 1 aromatic rings. The summed E-state index contributed by atoms with van der Waals surface area (Å²) in [6, 6.07) is 4.08. The molecule has 0 aromatic carbocycles. The molecule has 4 rings (SSSR count). The van der Waals surface area contributed by atoms with Crippen LogP contribution in [0.3, 0.4) is 0 Å². The van der Waals surface area contributed by atoms with Crippen LogP contribution in [0.25, 0.3) is 0 Å². The number of sulfonamides is 1. The van der Waals surface area contributed by atoms with E-state index in [9.17, 15) is 18.0 Å². The van der Waals surface area contributed by atoms with Gasteiger partial charge >= 0.3 is 0 Å². The zero-order valence-corrected chi connectivity index (χ0v) is 20.2. The molecule has 0 spiro atoms. The summed E-state index contributed by atoms with van der Waals surface area (Å²) in [4.78, 5) is 28.0. The molecule has 0 aliphatic heterocycles. The third kappa shape index (κ3) is 3.85. The average Bonchev–Trinajstić information content (AvgIpc) is 3.39. The molecule has 1 amide bonds. The van der Waals surface area contributed by atoms with Crippen molar-refractivity contribution in [1.29, 1.82) is 0 Å². The van der Waals surface area contributed by atoms with E-state index in [2.05, 4.69) is 6.58 Å². The number of carbonyl (C=O) groups excluding carboxylic acids is 2. The van der Waals surface area contributed by atoms with E-state index in [4.69, 9.17) is 0 Å². The van der Waals surface area contributed by atoms with Crippen LogP contribution >= 0.6 is 0 Å². The molecule has 1 heterocycles. The first-order valence-electron chi connectivity index (χ1n) is 11.5. The number of nitrogens with zero attached hydrogens (tertiary/aromatic N) is 3. The normalized spacial score (nSPS) is 26.6. The van der Waals surface area contributed by atoms with Crippen molar-refractivity contribution in [1.82, 2.24) is 13.8 Å². The van der Waals surface area contributed by atoms with Crippen LogP contribution in [0, 0.1) is 16.7 Å². The topological polar surface area (TPSA) is 79.7 Å². The highest BCUT2D eigenvalue weighted by molar-refractivity contribution is 7.89. The molecule has 2 bridgehead atoms. The Morgan fingerprint density at radius 2 is 2.03 bits per heavy atom. The molecule has 3 fully saturated rings. The van der Waals surface area contributed by atoms with E-state index in [1.54, 1.807) is 4.90 Å². The maximum Gasteiger partial charge on any atom is 0.238 e. The van der Waals surface area contributed by atoms with Crippen molar-refractivity contribution in [2.75, 3.05) is 18.8 Å². The zero-order valence-electron chi connectivity index (χ0n) is 19.4. The summed E-state index contributed by atoms with van der Waals surface area (Å²) in [6.45, 7) is 8.07. The Labute approximate surface area is 191 Å². The highest BCUT2D eigenvalue weighted by atomic mass is 32.2. The molecule has 0 N–H and O–H groups in total. The highest BCUT2D eigenvalue weighted by Gasteiger charge is 2.65. The van der Waals surface area contributed by atoms with Gasteiger partial charge in [-0.05, 0) is 49.1 Å². The van der Waals surface area contributed by atoms with Crippen molar-refractivity contribution in [2.45, 2.75) is 58.5 Å². The minimum atomic E-state index is -3.83. The molecule has 2 atom stereocenters. The van der Waals surface area contributed by atoms with Gasteiger partial charge in [0.2, 0.25) is 15.9 Å². The molecule has 7 nitrogen and oxygen atoms in total. The smallest absolute Gasteiger partial charge is 0.238 e. The van der Waals surface area contributed by atoms with Gasteiger partial charge in [-0.1, -0.05) is 19.9 Å². The summed E-state index contributed by atoms with van der Waals surface area (Å²) in [7, 11) is -1.89. The van der Waals surface area contributed by atoms with Gasteiger partial charge in [0, 0.05) is 43.4 Å². The summed E-state index contributed by atoms with van der Waals surface area (Å²) >= 11 is 0. The second-order valence-electron chi connectivity index (χ2n) is 10.4. The van der Waals surface area contributed by atoms with Gasteiger partial charge < -0.3 is 9.47 Å². The van der Waals surface area contributed by atoms with E-state index in [-0.39, 0.29) is 47.9 Å². The van der Waals surface area contributed by atoms with E-state index in [1.165, 1.54) is 10.4 Å². The summed E-state index contributed by atoms with van der Waals surface area (Å²) in [5.74, 6) is -0.103. The van der Waals surface area contributed by atoms with Crippen LogP contribution in [-0.4, -0.2) is 58.8 Å². The first-order chi connectivity index (χ1) is 15.0. The van der Waals surface area contributed by atoms with Crippen LogP contribution in [0.15, 0.2) is 31.0 Å². The third-order valence-corrected chi connectivity index (χ3v) is 10.2. The lowest BCUT2D eigenvalue weighted by Crippen LogP contribution is -2.49. The molecule has 0 radical (unpaired) electrons. The summed E-state index contributed by atoms with van der Waals surface area (Å²) in [5, 5.41) is 0. The fourth-order valence-electron chi connectivity index (χ4n) is 5.82. The summed E-state index contributed by atoms with van der Waals surface area (Å²) in [6.07, 6.45) is 7.30. The number of hydrogen-bond donors (Lipinski definition) is 0. The number of carbonyl (C=O) groups is 2. The lowest BCUT2D eigenvalue weighted by atomic mass is 9.70. The Bertz CT molecular complexity index is 1020. The first-order valence-corrected chi connectivity index (χ1v) is 13.1. The van der Waals surface area contributed by atoms with Crippen LogP contribution in [0.5, 0.6) is 0 Å². The second kappa shape index (κ2) is 8.13. The lowest BCUT2D eigenvalue weighted by molar-refractivity contribution is -0.132. The van der Waals surface area contributed by atoms with E-state index in [0.29, 0.717) is 19.4 Å². The Morgan fingerprint density at radius 1 is 1.31 bits per heavy atom. The number of rotatable bonds is 10. The summed E-state index contributed by atoms with van der Waals surface area (Å²) < 4.78 is 30.3. The monoisotopic (exact) mass is 461 g/mol. The first kappa shape index (κ1) is 23.2. The van der Waals surface area contributed by atoms with Crippen LogP contribution in [0.1, 0.15) is 51.6 Å². The van der Waals surface area contributed by atoms with E-state index < -0.39 is 15.4 Å². The largest absolute Gasteiger partial charge is 0.353 e. The minimum Gasteiger partial charge on any atom is -0.353 e. The van der Waals surface area contributed by atoms with E-state index in [0.717, 1.165) is 25.0 Å². The van der Waals surface area contributed by atoms with Crippen molar-refractivity contribution in [2.24, 2.45) is 23.8 Å². The Morgan fingerprint density at radius 3 is 2.53 bits per heavy atom. The average molecular weight is 462 g/mol. The van der Waals surface area contributed by atoms with Crippen molar-refractivity contribution < 1.29 is 18.0 Å². The number of amides is 1. The number of aryl methyl sites for hydroxylation is 1. The number of aromatic nitrogens is 1. The molecule has 176 valence electrons. The third-order valence-electron chi connectivity index (χ3n) is 8.30. The van der Waals surface area contributed by atoms with Crippen LogP contribution in [0.2, 0.25) is 0 Å². The van der Waals surface area contributed by atoms with Gasteiger partial charge in [-0.3, -0.25) is 9.59 Å². The van der Waals surface area contributed by atoms with Crippen LogP contribution in [-0.2, 0) is 33.2 Å². The van der Waals surface area contributed by atoms with Gasteiger partial charge in [-0.25, -0.2) is 8.42 Å². The maximum absolute atomic E-state index is 13.6. The van der Waals surface area contributed by atoms with Gasteiger partial charge in [-0.15, -0.1) is 6.58 Å². The van der Waals surface area contributed by atoms with Crippen LogP contribution in [0.4, 0.5) is 0 Å². The van der Waals surface area contributed by atoms with Crippen LogP contribution < -0.4 is 0 Å². The molecule has 3 saturated carbocycles. The van der Waals surface area contributed by atoms with Crippen molar-refractivity contribution in [3.05, 3.63) is 36.7 Å². The molecular formula is C24H35N3O4S. The maximum atomic E-state index is 13.6. The van der Waals surface area contributed by atoms with Gasteiger partial charge in [0.1, 0.15) is 5.78 Å². The number of ketones is 1. The molecule has 32 heavy (non-hydrogen) atoms. The van der Waals surface area contributed by atoms with Gasteiger partial charge in [0.15, 0.2) is 0 Å². The molecule has 3 aliphatic carbocycles. The van der Waals surface area contributed by atoms with Gasteiger partial charge in [-0.2, -0.15) is 4.31 Å². The van der Waals surface area contributed by atoms with Gasteiger partial charge in [0.25, 0.3) is 0 Å². The van der Waals surface area contributed by atoms with Crippen molar-refractivity contribution in [3.8, 4) is 0 Å². The standard InChI is InChI=1S/C24H35N3O4S/c1-5-12-26(16-22(29)27(19-8-9-19)15-20-7-6-13-25(20)4)32(30,31)17-24-11-10-18(14-21(24)28)23(24,2)3/h5-7,13,18-19H,1,8-12,14-17H2,2-4H3. The molecule has 3 aliphatic rings. The number of Topliss-reactive ketones (excluding diaryl/α,β-unsaturated/α-hetero) is 1. The molecular weight excluding hydrogens is 426 g/mol.